The van der Waals surface area contributed by atoms with Gasteiger partial charge in [-0.2, -0.15) is 5.10 Å². The fourth-order valence-electron chi connectivity index (χ4n) is 3.39. The number of hydrogen-bond donors (Lipinski definition) is 4. The number of ether oxygens (including phenoxy) is 1. The summed E-state index contributed by atoms with van der Waals surface area (Å²) in [6.45, 7) is 2.62. The van der Waals surface area contributed by atoms with Gasteiger partial charge in [-0.15, -0.1) is 0 Å². The van der Waals surface area contributed by atoms with E-state index < -0.39 is 0 Å². The minimum atomic E-state index is -0.328. The monoisotopic (exact) mass is 385 g/mol. The Labute approximate surface area is 164 Å². The Morgan fingerprint density at radius 2 is 1.93 bits per heavy atom. The molecule has 1 aliphatic rings. The Kier molecular flexibility index (Phi) is 6.65. The van der Waals surface area contributed by atoms with Gasteiger partial charge >= 0.3 is 6.03 Å². The molecule has 1 saturated carbocycles. The average Bonchev–Trinajstić information content (AvgIpc) is 3.36. The number of carbonyl (C=O) groups is 2. The third-order valence-corrected chi connectivity index (χ3v) is 4.98. The van der Waals surface area contributed by atoms with E-state index in [1.807, 2.05) is 31.2 Å². The van der Waals surface area contributed by atoms with E-state index >= 15 is 0 Å². The Morgan fingerprint density at radius 1 is 1.21 bits per heavy atom. The molecule has 2 aromatic rings. The number of anilines is 2. The van der Waals surface area contributed by atoms with Crippen LogP contribution in [0, 0.1) is 12.8 Å². The number of urea groups is 1. The average molecular weight is 385 g/mol. The molecule has 0 atom stereocenters. The maximum Gasteiger partial charge on any atom is 0.319 e. The Bertz CT molecular complexity index is 827. The molecule has 8 heteroatoms. The first-order valence-electron chi connectivity index (χ1n) is 9.54. The van der Waals surface area contributed by atoms with E-state index in [4.69, 9.17) is 4.74 Å². The number of aromatic amines is 1. The van der Waals surface area contributed by atoms with E-state index in [2.05, 4.69) is 26.1 Å². The van der Waals surface area contributed by atoms with Crippen molar-refractivity contribution >= 4 is 23.3 Å². The topological polar surface area (TPSA) is 108 Å². The highest BCUT2D eigenvalue weighted by Crippen LogP contribution is 2.28. The van der Waals surface area contributed by atoms with Gasteiger partial charge in [-0.1, -0.05) is 18.9 Å². The lowest BCUT2D eigenvalue weighted by molar-refractivity contribution is -0.119. The summed E-state index contributed by atoms with van der Waals surface area (Å²) in [5.74, 6) is 0.157. The highest BCUT2D eigenvalue weighted by atomic mass is 16.5. The van der Waals surface area contributed by atoms with E-state index in [1.54, 1.807) is 7.11 Å². The van der Waals surface area contributed by atoms with E-state index in [1.165, 1.54) is 0 Å². The lowest BCUT2D eigenvalue weighted by Crippen LogP contribution is -2.28. The van der Waals surface area contributed by atoms with Crippen LogP contribution < -0.4 is 16.0 Å². The number of aromatic nitrogens is 2. The molecule has 0 radical (unpaired) electrons. The largest absolute Gasteiger partial charge is 0.378 e. The summed E-state index contributed by atoms with van der Waals surface area (Å²) in [6.07, 6.45) is 4.13. The first-order chi connectivity index (χ1) is 13.6. The van der Waals surface area contributed by atoms with Crippen LogP contribution in [0.25, 0.3) is 0 Å². The molecule has 0 saturated heterocycles. The number of rotatable bonds is 7. The van der Waals surface area contributed by atoms with E-state index in [9.17, 15) is 9.59 Å². The summed E-state index contributed by atoms with van der Waals surface area (Å²) >= 11 is 0. The molecule has 0 spiro atoms. The third-order valence-electron chi connectivity index (χ3n) is 4.98. The highest BCUT2D eigenvalue weighted by molar-refractivity contribution is 5.96. The van der Waals surface area contributed by atoms with Crippen LogP contribution >= 0.6 is 0 Å². The number of H-pyrrole nitrogens is 1. The normalized spacial score (nSPS) is 14.1. The zero-order chi connectivity index (χ0) is 19.9. The summed E-state index contributed by atoms with van der Waals surface area (Å²) in [6, 6.07) is 7.00. The van der Waals surface area contributed by atoms with Gasteiger partial charge in [0, 0.05) is 24.4 Å². The molecule has 0 unspecified atom stereocenters. The fourth-order valence-corrected chi connectivity index (χ4v) is 3.39. The Balaban J connectivity index is 1.55. The third kappa shape index (κ3) is 5.10. The van der Waals surface area contributed by atoms with Crippen molar-refractivity contribution in [1.29, 1.82) is 0 Å². The molecular weight excluding hydrogens is 358 g/mol. The molecule has 1 aromatic heterocycles. The zero-order valence-corrected chi connectivity index (χ0v) is 16.3. The molecule has 28 heavy (non-hydrogen) atoms. The number of methoxy groups -OCH3 is 1. The molecule has 1 fully saturated rings. The van der Waals surface area contributed by atoms with Crippen LogP contribution in [0.1, 0.15) is 42.6 Å². The molecule has 1 aromatic carbocycles. The van der Waals surface area contributed by atoms with E-state index in [-0.39, 0.29) is 17.9 Å². The van der Waals surface area contributed by atoms with Gasteiger partial charge in [0.25, 0.3) is 0 Å². The molecule has 150 valence electrons. The molecule has 3 rings (SSSR count). The number of nitrogens with one attached hydrogen (secondary N) is 4. The van der Waals surface area contributed by atoms with Crippen molar-refractivity contribution in [1.82, 2.24) is 15.5 Å². The summed E-state index contributed by atoms with van der Waals surface area (Å²) in [4.78, 5) is 24.6. The SMILES string of the molecule is COCc1cc(CNC(=O)Nc2cccc(NC(=O)C3CCCC3)c2C)[nH]n1. The first kappa shape index (κ1) is 19.9. The standard InChI is InChI=1S/C20H27N5O3/c1-13-17(22-19(26)14-6-3-4-7-14)8-5-9-18(13)23-20(27)21-11-15-10-16(12-28-2)25-24-15/h5,8-10,14H,3-4,6-7,11-12H2,1-2H3,(H,22,26)(H,24,25)(H2,21,23,27). The lowest BCUT2D eigenvalue weighted by Gasteiger charge is -2.15. The molecule has 3 amide bonds. The predicted octanol–water partition coefficient (Wildman–Crippen LogP) is 3.31. The van der Waals surface area contributed by atoms with Crippen molar-refractivity contribution in [2.45, 2.75) is 45.8 Å². The van der Waals surface area contributed by atoms with Gasteiger partial charge in [0.15, 0.2) is 0 Å². The number of carbonyl (C=O) groups excluding carboxylic acids is 2. The van der Waals surface area contributed by atoms with Gasteiger partial charge in [-0.3, -0.25) is 9.89 Å². The van der Waals surface area contributed by atoms with Crippen LogP contribution in [0.5, 0.6) is 0 Å². The second-order valence-electron chi connectivity index (χ2n) is 7.07. The number of amides is 3. The quantitative estimate of drug-likeness (QED) is 0.586. The summed E-state index contributed by atoms with van der Waals surface area (Å²) in [5, 5.41) is 15.6. The predicted molar refractivity (Wildman–Crippen MR) is 107 cm³/mol. The second-order valence-corrected chi connectivity index (χ2v) is 7.07. The zero-order valence-electron chi connectivity index (χ0n) is 16.3. The number of nitrogens with zero attached hydrogens (tertiary/aromatic N) is 1. The smallest absolute Gasteiger partial charge is 0.319 e. The Hall–Kier alpha value is -2.87. The molecule has 1 aliphatic carbocycles. The van der Waals surface area contributed by atoms with Gasteiger partial charge in [0.2, 0.25) is 5.91 Å². The molecule has 0 aliphatic heterocycles. The molecule has 8 nitrogen and oxygen atoms in total. The van der Waals surface area contributed by atoms with Crippen molar-refractivity contribution in [3.05, 3.63) is 41.2 Å². The van der Waals surface area contributed by atoms with Crippen molar-refractivity contribution < 1.29 is 14.3 Å². The maximum atomic E-state index is 12.4. The van der Waals surface area contributed by atoms with Gasteiger partial charge in [-0.05, 0) is 43.5 Å². The minimum absolute atomic E-state index is 0.0632. The molecular formula is C20H27N5O3. The second kappa shape index (κ2) is 9.36. The molecule has 1 heterocycles. The van der Waals surface area contributed by atoms with Crippen LogP contribution in [-0.2, 0) is 22.7 Å². The van der Waals surface area contributed by atoms with Crippen molar-refractivity contribution in [3.8, 4) is 0 Å². The van der Waals surface area contributed by atoms with Crippen LogP contribution in [0.15, 0.2) is 24.3 Å². The van der Waals surface area contributed by atoms with Crippen molar-refractivity contribution in [3.63, 3.8) is 0 Å². The molecule has 0 bridgehead atoms. The van der Waals surface area contributed by atoms with Gasteiger partial charge in [-0.25, -0.2) is 4.79 Å². The van der Waals surface area contributed by atoms with Crippen LogP contribution in [0.4, 0.5) is 16.2 Å². The number of hydrogen-bond acceptors (Lipinski definition) is 4. The maximum absolute atomic E-state index is 12.4. The van der Waals surface area contributed by atoms with Crippen molar-refractivity contribution in [2.24, 2.45) is 5.92 Å². The van der Waals surface area contributed by atoms with Crippen LogP contribution in [0.2, 0.25) is 0 Å². The first-order valence-corrected chi connectivity index (χ1v) is 9.54. The summed E-state index contributed by atoms with van der Waals surface area (Å²) < 4.78 is 5.02. The van der Waals surface area contributed by atoms with Gasteiger partial charge in [0.05, 0.1) is 24.5 Å². The van der Waals surface area contributed by atoms with Gasteiger partial charge in [0.1, 0.15) is 0 Å². The Morgan fingerprint density at radius 3 is 2.64 bits per heavy atom. The van der Waals surface area contributed by atoms with Gasteiger partial charge < -0.3 is 20.7 Å². The fraction of sp³-hybridized carbons (Fsp3) is 0.450. The summed E-state index contributed by atoms with van der Waals surface area (Å²) in [5.41, 5.74) is 3.78. The van der Waals surface area contributed by atoms with E-state index in [0.29, 0.717) is 18.8 Å². The minimum Gasteiger partial charge on any atom is -0.378 e. The van der Waals surface area contributed by atoms with E-state index in [0.717, 1.165) is 48.3 Å². The highest BCUT2D eigenvalue weighted by Gasteiger charge is 2.23. The van der Waals surface area contributed by atoms with Crippen molar-refractivity contribution in [2.75, 3.05) is 17.7 Å². The number of benzene rings is 1. The van der Waals surface area contributed by atoms with Crippen LogP contribution in [-0.4, -0.2) is 29.2 Å². The van der Waals surface area contributed by atoms with Crippen LogP contribution in [0.3, 0.4) is 0 Å². The lowest BCUT2D eigenvalue weighted by atomic mass is 10.1. The summed E-state index contributed by atoms with van der Waals surface area (Å²) in [7, 11) is 1.60. The molecule has 4 N–H and O–H groups in total.